The Labute approximate surface area is 274 Å². The number of allylic oxidation sites excluding steroid dienone is 1. The summed E-state index contributed by atoms with van der Waals surface area (Å²) in [4.78, 5) is 26.1. The largest absolute Gasteiger partial charge is 0.508 e. The summed E-state index contributed by atoms with van der Waals surface area (Å²) in [7, 11) is 0. The molecule has 46 heavy (non-hydrogen) atoms. The van der Waals surface area contributed by atoms with Crippen LogP contribution in [0.2, 0.25) is 0 Å². The number of benzene rings is 1. The average molecular weight is 635 g/mol. The van der Waals surface area contributed by atoms with Crippen LogP contribution in [0.15, 0.2) is 42.0 Å². The highest BCUT2D eigenvalue weighted by Crippen LogP contribution is 2.76. The van der Waals surface area contributed by atoms with Crippen LogP contribution in [0.25, 0.3) is 6.08 Å². The van der Waals surface area contributed by atoms with Gasteiger partial charge < -0.3 is 25.2 Å². The van der Waals surface area contributed by atoms with Crippen molar-refractivity contribution in [2.24, 2.45) is 50.7 Å². The van der Waals surface area contributed by atoms with E-state index in [0.717, 1.165) is 36.8 Å². The highest BCUT2D eigenvalue weighted by molar-refractivity contribution is 5.87. The van der Waals surface area contributed by atoms with Crippen LogP contribution in [-0.2, 0) is 14.3 Å². The Balaban J connectivity index is 1.35. The molecule has 0 unspecified atom stereocenters. The Kier molecular flexibility index (Phi) is 7.73. The van der Waals surface area contributed by atoms with Gasteiger partial charge in [-0.1, -0.05) is 65.3 Å². The molecule has 4 fully saturated rings. The molecule has 4 saturated carbocycles. The lowest BCUT2D eigenvalue weighted by Crippen LogP contribution is -2.69. The normalized spacial score (nSPS) is 46.2. The summed E-state index contributed by atoms with van der Waals surface area (Å²) in [5, 5.41) is 44.0. The summed E-state index contributed by atoms with van der Waals surface area (Å²) in [6.45, 7) is 15.2. The van der Waals surface area contributed by atoms with Crippen molar-refractivity contribution in [3.63, 3.8) is 0 Å². The number of fused-ring (bicyclic) bond motifs is 7. The number of aliphatic carboxylic acids is 1. The second kappa shape index (κ2) is 10.7. The molecule has 1 aromatic carbocycles. The minimum atomic E-state index is -1.11. The molecule has 4 N–H and O–H groups in total. The van der Waals surface area contributed by atoms with Gasteiger partial charge in [-0.05, 0) is 121 Å². The number of ether oxygens (including phenoxy) is 1. The van der Waals surface area contributed by atoms with Crippen molar-refractivity contribution in [2.45, 2.75) is 118 Å². The lowest BCUT2D eigenvalue weighted by Gasteiger charge is -2.72. The number of aliphatic hydroxyl groups excluding tert-OH is 1. The number of aliphatic hydroxyl groups is 2. The number of carbonyl (C=O) groups is 2. The molecule has 7 heteroatoms. The average Bonchev–Trinajstić information content (AvgIpc) is 2.97. The fraction of sp³-hybridized carbons (Fsp3) is 0.692. The number of hydrogen-bond donors (Lipinski definition) is 4. The fourth-order valence-electron chi connectivity index (χ4n) is 12.0. The lowest BCUT2D eigenvalue weighted by molar-refractivity contribution is -0.241. The number of phenols is 1. The van der Waals surface area contributed by atoms with Crippen molar-refractivity contribution in [1.82, 2.24) is 0 Å². The van der Waals surface area contributed by atoms with Crippen LogP contribution >= 0.6 is 0 Å². The Morgan fingerprint density at radius 1 is 0.935 bits per heavy atom. The van der Waals surface area contributed by atoms with Gasteiger partial charge in [-0.15, -0.1) is 0 Å². The van der Waals surface area contributed by atoms with Crippen molar-refractivity contribution < 1.29 is 34.8 Å². The van der Waals surface area contributed by atoms with Gasteiger partial charge in [0.1, 0.15) is 11.9 Å². The van der Waals surface area contributed by atoms with Gasteiger partial charge in [0.2, 0.25) is 0 Å². The van der Waals surface area contributed by atoms with Gasteiger partial charge in [-0.2, -0.15) is 0 Å². The van der Waals surface area contributed by atoms with E-state index in [1.807, 2.05) is 6.92 Å². The molecule has 5 aliphatic rings. The maximum atomic E-state index is 13.1. The first-order valence-corrected chi connectivity index (χ1v) is 17.4. The van der Waals surface area contributed by atoms with E-state index in [4.69, 9.17) is 4.74 Å². The van der Waals surface area contributed by atoms with Gasteiger partial charge in [-0.25, -0.2) is 4.79 Å². The third-order valence-electron chi connectivity index (χ3n) is 15.0. The van der Waals surface area contributed by atoms with Crippen LogP contribution in [0.3, 0.4) is 0 Å². The molecule has 11 atom stereocenters. The summed E-state index contributed by atoms with van der Waals surface area (Å²) in [5.74, 6) is -1.10. The molecule has 252 valence electrons. The van der Waals surface area contributed by atoms with E-state index < -0.39 is 46.5 Å². The number of esters is 1. The molecule has 0 aromatic heterocycles. The molecular formula is C39H54O7. The Morgan fingerprint density at radius 3 is 2.26 bits per heavy atom. The molecule has 0 heterocycles. The maximum Gasteiger partial charge on any atom is 0.331 e. The minimum Gasteiger partial charge on any atom is -0.508 e. The summed E-state index contributed by atoms with van der Waals surface area (Å²) >= 11 is 0. The Bertz CT molecular complexity index is 1460. The van der Waals surface area contributed by atoms with Crippen molar-refractivity contribution in [2.75, 3.05) is 0 Å². The van der Waals surface area contributed by atoms with Crippen LogP contribution in [0.5, 0.6) is 5.75 Å². The van der Waals surface area contributed by atoms with E-state index in [-0.39, 0.29) is 39.7 Å². The first kappa shape index (κ1) is 33.3. The zero-order valence-corrected chi connectivity index (χ0v) is 28.7. The molecular weight excluding hydrogens is 580 g/mol. The fourth-order valence-corrected chi connectivity index (χ4v) is 12.0. The Morgan fingerprint density at radius 2 is 1.61 bits per heavy atom. The molecule has 7 nitrogen and oxygen atoms in total. The van der Waals surface area contributed by atoms with Gasteiger partial charge in [0.15, 0.2) is 0 Å². The first-order chi connectivity index (χ1) is 21.3. The predicted molar refractivity (Wildman–Crippen MR) is 176 cm³/mol. The van der Waals surface area contributed by atoms with Crippen LogP contribution in [-0.4, -0.2) is 50.2 Å². The number of carbonyl (C=O) groups excluding carboxylic acids is 1. The third-order valence-corrected chi connectivity index (χ3v) is 15.0. The van der Waals surface area contributed by atoms with Gasteiger partial charge in [0.25, 0.3) is 0 Å². The van der Waals surface area contributed by atoms with Crippen molar-refractivity contribution >= 4 is 18.0 Å². The lowest BCUT2D eigenvalue weighted by atomic mass is 9.33. The Hall–Kier alpha value is -2.64. The van der Waals surface area contributed by atoms with E-state index in [0.29, 0.717) is 25.7 Å². The van der Waals surface area contributed by atoms with Gasteiger partial charge in [0, 0.05) is 12.0 Å². The zero-order valence-electron chi connectivity index (χ0n) is 28.7. The topological polar surface area (TPSA) is 124 Å². The van der Waals surface area contributed by atoms with Gasteiger partial charge >= 0.3 is 11.9 Å². The minimum absolute atomic E-state index is 0.00572. The van der Waals surface area contributed by atoms with E-state index in [2.05, 4.69) is 47.6 Å². The highest BCUT2D eigenvalue weighted by atomic mass is 16.6. The van der Waals surface area contributed by atoms with E-state index >= 15 is 0 Å². The molecule has 0 radical (unpaired) electrons. The monoisotopic (exact) mass is 634 g/mol. The number of aromatic hydroxyl groups is 1. The van der Waals surface area contributed by atoms with Crippen molar-refractivity contribution in [3.8, 4) is 5.75 Å². The summed E-state index contributed by atoms with van der Waals surface area (Å²) in [6.07, 6.45) is 9.73. The van der Waals surface area contributed by atoms with E-state index in [1.165, 1.54) is 6.08 Å². The number of carboxylic acids is 1. The molecule has 0 aliphatic heterocycles. The second-order valence-corrected chi connectivity index (χ2v) is 17.2. The number of carboxylic acid groups (broad SMARTS) is 1. The molecule has 5 aliphatic carbocycles. The quantitative estimate of drug-likeness (QED) is 0.158. The summed E-state index contributed by atoms with van der Waals surface area (Å²) < 4.78 is 6.05. The van der Waals surface area contributed by atoms with Crippen molar-refractivity contribution in [3.05, 3.63) is 47.6 Å². The predicted octanol–water partition coefficient (Wildman–Crippen LogP) is 7.15. The van der Waals surface area contributed by atoms with Crippen LogP contribution < -0.4 is 0 Å². The van der Waals surface area contributed by atoms with Gasteiger partial charge in [-0.3, -0.25) is 4.79 Å². The van der Waals surface area contributed by atoms with Gasteiger partial charge in [0.05, 0.1) is 17.1 Å². The SMILES string of the molecule is C[C@@H]1CC[C@]2(C(=O)O)CC[C@]3(C)C(=CC[C@@H]4[C@@]5(C)C[C@@H](OC(=O)C=Cc6ccc(O)cc6)[C@H](O)C(C)(C)[C@@H]5CC[C@]43C)[C@@H]2[C@]1(C)O. The summed E-state index contributed by atoms with van der Waals surface area (Å²) in [6, 6.07) is 6.56. The standard InChI is InChI=1S/C39H54O7/c1-23-16-19-39(33(43)44)21-20-36(5)26(31(39)38(23,7)45)13-14-29-35(4)22-27(32(42)34(2,3)28(35)17-18-37(29,36)6)46-30(41)15-10-24-8-11-25(40)12-9-24/h8-13,15,23,27-29,31-32,40,42,45H,14,16-22H2,1-7H3,(H,43,44)/t23-,27-,28+,29-,31-,32+,35+,36-,37-,38-,39+/m1/s1. The molecule has 6 rings (SSSR count). The van der Waals surface area contributed by atoms with Crippen molar-refractivity contribution in [1.29, 1.82) is 0 Å². The maximum absolute atomic E-state index is 13.1. The zero-order chi connectivity index (χ0) is 33.7. The second-order valence-electron chi connectivity index (χ2n) is 17.2. The van der Waals surface area contributed by atoms with Crippen LogP contribution in [0, 0.1) is 50.7 Å². The third kappa shape index (κ3) is 4.50. The summed E-state index contributed by atoms with van der Waals surface area (Å²) in [5.41, 5.74) is -1.32. The number of rotatable bonds is 4. The molecule has 0 amide bonds. The highest BCUT2D eigenvalue weighted by Gasteiger charge is 2.72. The van der Waals surface area contributed by atoms with E-state index in [9.17, 15) is 30.0 Å². The first-order valence-electron chi connectivity index (χ1n) is 17.4. The molecule has 0 saturated heterocycles. The number of hydrogen-bond acceptors (Lipinski definition) is 6. The van der Waals surface area contributed by atoms with E-state index in [1.54, 1.807) is 30.3 Å². The molecule has 1 aromatic rings. The van der Waals surface area contributed by atoms with Crippen LogP contribution in [0.1, 0.15) is 105 Å². The number of phenolic OH excluding ortho intramolecular Hbond substituents is 1. The van der Waals surface area contributed by atoms with Crippen LogP contribution in [0.4, 0.5) is 0 Å². The molecule has 0 spiro atoms. The molecule has 0 bridgehead atoms. The smallest absolute Gasteiger partial charge is 0.331 e.